The lowest BCUT2D eigenvalue weighted by atomic mass is 9.88. The van der Waals surface area contributed by atoms with Gasteiger partial charge in [0.2, 0.25) is 35.0 Å². The highest BCUT2D eigenvalue weighted by Gasteiger charge is 2.37. The van der Waals surface area contributed by atoms with Crippen molar-refractivity contribution in [1.82, 2.24) is 40.3 Å². The molecule has 2 heterocycles. The van der Waals surface area contributed by atoms with Gasteiger partial charge in [0.15, 0.2) is 11.5 Å². The van der Waals surface area contributed by atoms with E-state index in [-0.39, 0.29) is 95.3 Å². The Morgan fingerprint density at radius 3 is 1.90 bits per heavy atom. The number of rotatable bonds is 37. The number of methoxy groups -OCH3 is 2. The Bertz CT molecular complexity index is 2750. The number of carbonyl (C=O) groups excluding carboxylic acids is 3. The molecule has 4 rings (SSSR count). The number of hydrogen-bond acceptors (Lipinski definition) is 19. The van der Waals surface area contributed by atoms with Crippen LogP contribution < -0.4 is 47.2 Å². The number of fused-ring (bicyclic) bond motifs is 1. The summed E-state index contributed by atoms with van der Waals surface area (Å²) < 4.78 is 28.3. The number of carboxylic acid groups (broad SMARTS) is 3. The smallest absolute Gasteiger partial charge is 0.317 e. The van der Waals surface area contributed by atoms with Crippen molar-refractivity contribution in [3.63, 3.8) is 0 Å². The molecule has 0 atom stereocenters. The normalized spacial score (nSPS) is 11.7. The van der Waals surface area contributed by atoms with Gasteiger partial charge in [-0.25, -0.2) is 4.98 Å². The number of pyridine rings is 1. The third-order valence-corrected chi connectivity index (χ3v) is 12.2. The van der Waals surface area contributed by atoms with Crippen molar-refractivity contribution in [3.8, 4) is 17.2 Å². The first-order valence-corrected chi connectivity index (χ1v) is 25.6. The predicted molar refractivity (Wildman–Crippen MR) is 293 cm³/mol. The van der Waals surface area contributed by atoms with Crippen LogP contribution in [-0.4, -0.2) is 199 Å². The Labute approximate surface area is 458 Å². The molecule has 2 aromatic heterocycles. The molecule has 0 saturated carbocycles. The van der Waals surface area contributed by atoms with Gasteiger partial charge < -0.3 is 71.4 Å². The van der Waals surface area contributed by atoms with E-state index in [9.17, 15) is 48.9 Å². The summed E-state index contributed by atoms with van der Waals surface area (Å²) in [6.07, 6.45) is 3.44. The summed E-state index contributed by atoms with van der Waals surface area (Å²) in [5, 5.41) is 38.5. The second-order valence-corrected chi connectivity index (χ2v) is 20.3. The Morgan fingerprint density at radius 2 is 1.30 bits per heavy atom. The number of H-pyrrole nitrogens is 1. The van der Waals surface area contributed by atoms with Gasteiger partial charge in [0.25, 0.3) is 0 Å². The van der Waals surface area contributed by atoms with Crippen LogP contribution in [0.2, 0.25) is 0 Å². The predicted octanol–water partition coefficient (Wildman–Crippen LogP) is 1.82. The van der Waals surface area contributed by atoms with Crippen molar-refractivity contribution in [2.45, 2.75) is 65.8 Å². The number of carboxylic acids is 3. The fourth-order valence-electron chi connectivity index (χ4n) is 8.83. The van der Waals surface area contributed by atoms with E-state index in [1.807, 2.05) is 12.1 Å². The lowest BCUT2D eigenvalue weighted by molar-refractivity contribution is -0.143. The quantitative estimate of drug-likeness (QED) is 0.0291. The second-order valence-electron chi connectivity index (χ2n) is 20.3. The number of nitrogens with zero attached hydrogens (tertiary/aromatic N) is 5. The zero-order chi connectivity index (χ0) is 58.3. The highest BCUT2D eigenvalue weighted by atomic mass is 16.5. The fraction of sp³-hybridized carbons (Fsp3) is 0.528. The molecule has 0 saturated heterocycles. The molecular formula is C53H77N11O15. The fourth-order valence-corrected chi connectivity index (χ4v) is 8.83. The first-order valence-electron chi connectivity index (χ1n) is 25.6. The Morgan fingerprint density at radius 1 is 0.709 bits per heavy atom. The Kier molecular flexibility index (Phi) is 25.1. The van der Waals surface area contributed by atoms with Crippen molar-refractivity contribution >= 4 is 64.0 Å². The number of carbonyl (C=O) groups is 6. The van der Waals surface area contributed by atoms with Gasteiger partial charge in [-0.3, -0.25) is 48.3 Å². The molecule has 0 radical (unpaired) electrons. The van der Waals surface area contributed by atoms with Crippen LogP contribution in [0.4, 0.5) is 17.5 Å². The highest BCUT2D eigenvalue weighted by molar-refractivity contribution is 5.95. The molecule has 0 bridgehead atoms. The molecule has 0 unspecified atom stereocenters. The van der Waals surface area contributed by atoms with E-state index in [4.69, 9.17) is 35.2 Å². The number of anilines is 3. The number of unbranched alkanes of at least 4 members (excludes halogenated alkanes) is 1. The third-order valence-electron chi connectivity index (χ3n) is 12.2. The van der Waals surface area contributed by atoms with Crippen LogP contribution in [-0.2, 0) is 44.7 Å². The maximum Gasteiger partial charge on any atom is 0.317 e. The lowest BCUT2D eigenvalue weighted by Gasteiger charge is -2.45. The number of aromatic nitrogens is 3. The average molecular weight is 1110 g/mol. The molecule has 26 nitrogen and oxygen atoms in total. The van der Waals surface area contributed by atoms with Gasteiger partial charge in [-0.1, -0.05) is 19.9 Å². The van der Waals surface area contributed by atoms with Crippen LogP contribution in [0, 0.1) is 12.3 Å². The standard InChI is InChI=1S/C53H77N11O15/c1-34-20-43(66)60-39-24-37(11-12-38(34)39)59-45(68)27-63(29-47(71)72)33-53(4,5)64(30-48(73)74)32-52(2,3)31-62(28-46(69)70)26-44(67)57-14-17-78-19-18-77-16-13-56-42(65)10-8-9-15-79-49-40(75-6)22-35(23-41(49)76-7)21-36-25-58-51(55)61-50(36)54/h11-12,20,22-25H,8-10,13-19,21,26-33H2,1-7H3,(H,56,65)(H,57,67)(H,59,68)(H,60,66)(H,69,70)(H,71,72)(H,73,74)(H4,54,55,58,61). The van der Waals surface area contributed by atoms with Gasteiger partial charge in [-0.05, 0) is 74.4 Å². The van der Waals surface area contributed by atoms with Crippen molar-refractivity contribution < 1.29 is 67.8 Å². The number of nitrogen functional groups attached to an aromatic ring is 2. The zero-order valence-corrected chi connectivity index (χ0v) is 46.1. The van der Waals surface area contributed by atoms with E-state index in [1.54, 1.807) is 63.9 Å². The van der Waals surface area contributed by atoms with E-state index >= 15 is 0 Å². The molecular weight excluding hydrogens is 1030 g/mol. The molecule has 11 N–H and O–H groups in total. The molecule has 0 aliphatic rings. The zero-order valence-electron chi connectivity index (χ0n) is 46.1. The molecule has 26 heteroatoms. The van der Waals surface area contributed by atoms with Crippen LogP contribution in [0.5, 0.6) is 17.2 Å². The number of benzene rings is 2. The largest absolute Gasteiger partial charge is 0.493 e. The van der Waals surface area contributed by atoms with Gasteiger partial charge in [-0.15, -0.1) is 0 Å². The lowest BCUT2D eigenvalue weighted by Crippen LogP contribution is -2.58. The molecule has 0 aliphatic carbocycles. The summed E-state index contributed by atoms with van der Waals surface area (Å²) in [6, 6.07) is 10.1. The van der Waals surface area contributed by atoms with Gasteiger partial charge in [0.1, 0.15) is 5.82 Å². The summed E-state index contributed by atoms with van der Waals surface area (Å²) >= 11 is 0. The average Bonchev–Trinajstić information content (AvgIpc) is 3.35. The van der Waals surface area contributed by atoms with Crippen LogP contribution in [0.1, 0.15) is 63.6 Å². The topological polar surface area (TPSA) is 366 Å². The maximum atomic E-state index is 13.3. The molecule has 0 spiro atoms. The van der Waals surface area contributed by atoms with Crippen molar-refractivity contribution in [2.24, 2.45) is 5.41 Å². The van der Waals surface area contributed by atoms with E-state index in [1.165, 1.54) is 30.1 Å². The third kappa shape index (κ3) is 22.7. The number of aliphatic carboxylic acids is 3. The van der Waals surface area contributed by atoms with Crippen molar-refractivity contribution in [1.29, 1.82) is 0 Å². The molecule has 3 amide bonds. The number of nitrogens with two attached hydrogens (primary N) is 2. The monoisotopic (exact) mass is 1110 g/mol. The van der Waals surface area contributed by atoms with E-state index in [2.05, 4.69) is 30.9 Å². The number of aromatic amines is 1. The first-order chi connectivity index (χ1) is 37.4. The molecule has 0 fully saturated rings. The van der Waals surface area contributed by atoms with Crippen molar-refractivity contribution in [3.05, 3.63) is 69.6 Å². The highest BCUT2D eigenvalue weighted by Crippen LogP contribution is 2.39. The minimum Gasteiger partial charge on any atom is -0.493 e. The molecule has 434 valence electrons. The molecule has 2 aromatic carbocycles. The van der Waals surface area contributed by atoms with Crippen LogP contribution >= 0.6 is 0 Å². The summed E-state index contributed by atoms with van der Waals surface area (Å²) in [5.41, 5.74) is 12.6. The number of ether oxygens (including phenoxy) is 5. The van der Waals surface area contributed by atoms with Crippen LogP contribution in [0.15, 0.2) is 47.4 Å². The van der Waals surface area contributed by atoms with Gasteiger partial charge >= 0.3 is 17.9 Å². The molecule has 4 aromatic rings. The number of nitrogens with one attached hydrogen (secondary N) is 4. The minimum atomic E-state index is -1.21. The minimum absolute atomic E-state index is 0.0535. The van der Waals surface area contributed by atoms with Gasteiger partial charge in [-0.2, -0.15) is 4.98 Å². The maximum absolute atomic E-state index is 13.3. The van der Waals surface area contributed by atoms with E-state index < -0.39 is 60.3 Å². The van der Waals surface area contributed by atoms with E-state index in [0.717, 1.165) is 16.5 Å². The molecule has 0 aliphatic heterocycles. The SMILES string of the molecule is COc1cc(Cc2cnc(N)nc2N)cc(OC)c1OCCCCC(=O)NCCOCCOCCNC(=O)CN(CC(=O)O)CC(C)(C)CN(CC(=O)O)C(C)(C)CN(CC(=O)O)CC(=O)Nc1ccc2c(C)cc(=O)[nH]c2c1. The first kappa shape index (κ1) is 63.9. The van der Waals surface area contributed by atoms with Gasteiger partial charge in [0, 0.05) is 80.0 Å². The Hall–Kier alpha value is -7.65. The van der Waals surface area contributed by atoms with Crippen LogP contribution in [0.25, 0.3) is 10.9 Å². The summed E-state index contributed by atoms with van der Waals surface area (Å²) in [6.45, 7) is 8.38. The van der Waals surface area contributed by atoms with Crippen LogP contribution in [0.3, 0.4) is 0 Å². The van der Waals surface area contributed by atoms with Gasteiger partial charge in [0.05, 0.1) is 85.5 Å². The summed E-state index contributed by atoms with van der Waals surface area (Å²) in [4.78, 5) is 102. The summed E-state index contributed by atoms with van der Waals surface area (Å²) in [7, 11) is 3.06. The summed E-state index contributed by atoms with van der Waals surface area (Å²) in [5.74, 6) is -2.94. The molecule has 79 heavy (non-hydrogen) atoms. The van der Waals surface area contributed by atoms with Crippen molar-refractivity contribution in [2.75, 3.05) is 129 Å². The van der Waals surface area contributed by atoms with E-state index in [0.29, 0.717) is 66.4 Å². The Balaban J connectivity index is 1.14. The second kappa shape index (κ2) is 31.1. The number of amides is 3. The number of aryl methyl sites for hydroxylation is 1. The number of hydrogen-bond donors (Lipinski definition) is 9.